The summed E-state index contributed by atoms with van der Waals surface area (Å²) in [5.41, 5.74) is 0.0768. The first-order valence-electron chi connectivity index (χ1n) is 6.87. The Bertz CT molecular complexity index is 203. The topological polar surface area (TPSA) is 32.3 Å². The molecule has 2 N–H and O–H groups in total. The molecule has 2 heteroatoms. The van der Waals surface area contributed by atoms with Crippen LogP contribution < -0.4 is 5.32 Å². The average molecular weight is 227 g/mol. The fourth-order valence-corrected chi connectivity index (χ4v) is 2.99. The molecule has 1 aliphatic rings. The van der Waals surface area contributed by atoms with Crippen molar-refractivity contribution in [1.29, 1.82) is 0 Å². The molecular weight excluding hydrogens is 198 g/mol. The van der Waals surface area contributed by atoms with Crippen molar-refractivity contribution < 1.29 is 5.11 Å². The van der Waals surface area contributed by atoms with Crippen molar-refractivity contribution in [2.75, 3.05) is 6.61 Å². The van der Waals surface area contributed by atoms with Crippen LogP contribution in [-0.2, 0) is 0 Å². The van der Waals surface area contributed by atoms with Crippen LogP contribution in [0.4, 0.5) is 0 Å². The van der Waals surface area contributed by atoms with Gasteiger partial charge in [-0.15, -0.1) is 0 Å². The Kier molecular flexibility index (Phi) is 5.26. The number of rotatable bonds is 5. The molecule has 0 saturated heterocycles. The van der Waals surface area contributed by atoms with E-state index in [-0.39, 0.29) is 12.1 Å². The van der Waals surface area contributed by atoms with Crippen molar-refractivity contribution >= 4 is 0 Å². The number of nitrogens with one attached hydrogen (secondary N) is 1. The number of hydrogen-bond acceptors (Lipinski definition) is 2. The summed E-state index contributed by atoms with van der Waals surface area (Å²) in [5.74, 6) is 1.71. The fraction of sp³-hybridized carbons (Fsp3) is 1.00. The molecule has 1 saturated carbocycles. The lowest BCUT2D eigenvalue weighted by atomic mass is 9.76. The summed E-state index contributed by atoms with van der Waals surface area (Å²) in [6, 6.07) is 0.655. The van der Waals surface area contributed by atoms with Crippen molar-refractivity contribution in [3.8, 4) is 0 Å². The Labute approximate surface area is 101 Å². The maximum atomic E-state index is 9.06. The average Bonchev–Trinajstić information content (AvgIpc) is 2.20. The van der Waals surface area contributed by atoms with Crippen LogP contribution in [0.5, 0.6) is 0 Å². The van der Waals surface area contributed by atoms with Crippen molar-refractivity contribution in [2.24, 2.45) is 11.8 Å². The van der Waals surface area contributed by atoms with Crippen LogP contribution in [0, 0.1) is 11.8 Å². The van der Waals surface area contributed by atoms with Gasteiger partial charge in [-0.05, 0) is 51.4 Å². The Balaban J connectivity index is 2.51. The van der Waals surface area contributed by atoms with E-state index in [0.29, 0.717) is 6.04 Å². The summed E-state index contributed by atoms with van der Waals surface area (Å²) < 4.78 is 0. The van der Waals surface area contributed by atoms with Crippen LogP contribution in [0.25, 0.3) is 0 Å². The Morgan fingerprint density at radius 2 is 2.00 bits per heavy atom. The van der Waals surface area contributed by atoms with Crippen LogP contribution in [0.15, 0.2) is 0 Å². The van der Waals surface area contributed by atoms with Gasteiger partial charge in [-0.2, -0.15) is 0 Å². The first-order valence-corrected chi connectivity index (χ1v) is 6.87. The molecule has 1 rings (SSSR count). The second-order valence-corrected chi connectivity index (χ2v) is 6.19. The molecule has 0 radical (unpaired) electrons. The molecular formula is C14H29NO. The van der Waals surface area contributed by atoms with Gasteiger partial charge in [0.05, 0.1) is 0 Å². The highest BCUT2D eigenvalue weighted by atomic mass is 16.3. The van der Waals surface area contributed by atoms with Crippen LogP contribution in [-0.4, -0.2) is 23.3 Å². The Morgan fingerprint density at radius 3 is 2.56 bits per heavy atom. The van der Waals surface area contributed by atoms with Gasteiger partial charge in [0, 0.05) is 18.2 Å². The zero-order valence-corrected chi connectivity index (χ0v) is 11.4. The smallest absolute Gasteiger partial charge is 0.0448 e. The minimum Gasteiger partial charge on any atom is -0.396 e. The summed E-state index contributed by atoms with van der Waals surface area (Å²) in [6.07, 6.45) is 6.13. The van der Waals surface area contributed by atoms with E-state index >= 15 is 0 Å². The minimum atomic E-state index is 0.0768. The standard InChI is InChI=1S/C14H29NO/c1-5-12-10-11(2)6-7-13(12)15-14(3,4)8-9-16/h11-13,15-16H,5-10H2,1-4H3. The highest BCUT2D eigenvalue weighted by Crippen LogP contribution is 2.32. The predicted octanol–water partition coefficient (Wildman–Crippen LogP) is 2.95. The zero-order valence-electron chi connectivity index (χ0n) is 11.4. The van der Waals surface area contributed by atoms with Gasteiger partial charge in [0.2, 0.25) is 0 Å². The van der Waals surface area contributed by atoms with Crippen LogP contribution in [0.2, 0.25) is 0 Å². The molecule has 0 bridgehead atoms. The molecule has 0 aromatic rings. The lowest BCUT2D eigenvalue weighted by Gasteiger charge is -2.40. The van der Waals surface area contributed by atoms with E-state index in [1.807, 2.05) is 0 Å². The van der Waals surface area contributed by atoms with Gasteiger partial charge in [-0.1, -0.05) is 20.3 Å². The molecule has 3 unspecified atom stereocenters. The molecule has 0 aromatic carbocycles. The summed E-state index contributed by atoms with van der Waals surface area (Å²) in [4.78, 5) is 0. The third-order valence-electron chi connectivity index (χ3n) is 4.08. The first kappa shape index (κ1) is 14.0. The molecule has 0 spiro atoms. The quantitative estimate of drug-likeness (QED) is 0.757. The SMILES string of the molecule is CCC1CC(C)CCC1NC(C)(C)CCO. The molecule has 0 heterocycles. The van der Waals surface area contributed by atoms with Gasteiger partial charge in [0.25, 0.3) is 0 Å². The van der Waals surface area contributed by atoms with E-state index in [0.717, 1.165) is 18.3 Å². The third kappa shape index (κ3) is 4.06. The van der Waals surface area contributed by atoms with Crippen LogP contribution in [0.1, 0.15) is 59.8 Å². The van der Waals surface area contributed by atoms with E-state index in [4.69, 9.17) is 5.11 Å². The van der Waals surface area contributed by atoms with Gasteiger partial charge in [-0.25, -0.2) is 0 Å². The molecule has 0 aromatic heterocycles. The molecule has 16 heavy (non-hydrogen) atoms. The van der Waals surface area contributed by atoms with Crippen molar-refractivity contribution in [1.82, 2.24) is 5.32 Å². The largest absolute Gasteiger partial charge is 0.396 e. The summed E-state index contributed by atoms with van der Waals surface area (Å²) >= 11 is 0. The lowest BCUT2D eigenvalue weighted by Crippen LogP contribution is -2.51. The maximum absolute atomic E-state index is 9.06. The molecule has 2 nitrogen and oxygen atoms in total. The molecule has 1 aliphatic carbocycles. The number of aliphatic hydroxyl groups is 1. The normalized spacial score (nSPS) is 31.7. The highest BCUT2D eigenvalue weighted by Gasteiger charge is 2.31. The summed E-state index contributed by atoms with van der Waals surface area (Å²) in [6.45, 7) is 9.36. The molecule has 0 aliphatic heterocycles. The van der Waals surface area contributed by atoms with Crippen molar-refractivity contribution in [3.05, 3.63) is 0 Å². The van der Waals surface area contributed by atoms with Gasteiger partial charge in [-0.3, -0.25) is 0 Å². The highest BCUT2D eigenvalue weighted by molar-refractivity contribution is 4.89. The molecule has 96 valence electrons. The maximum Gasteiger partial charge on any atom is 0.0448 e. The van der Waals surface area contributed by atoms with E-state index in [1.165, 1.54) is 25.7 Å². The first-order chi connectivity index (χ1) is 7.48. The Morgan fingerprint density at radius 1 is 1.31 bits per heavy atom. The summed E-state index contributed by atoms with van der Waals surface area (Å²) in [5, 5.41) is 12.8. The van der Waals surface area contributed by atoms with Crippen LogP contribution >= 0.6 is 0 Å². The van der Waals surface area contributed by atoms with E-state index < -0.39 is 0 Å². The molecule has 0 amide bonds. The van der Waals surface area contributed by atoms with Crippen molar-refractivity contribution in [3.63, 3.8) is 0 Å². The van der Waals surface area contributed by atoms with Gasteiger partial charge < -0.3 is 10.4 Å². The van der Waals surface area contributed by atoms with Gasteiger partial charge in [0.1, 0.15) is 0 Å². The fourth-order valence-electron chi connectivity index (χ4n) is 2.99. The summed E-state index contributed by atoms with van der Waals surface area (Å²) in [7, 11) is 0. The lowest BCUT2D eigenvalue weighted by molar-refractivity contribution is 0.152. The van der Waals surface area contributed by atoms with Gasteiger partial charge in [0.15, 0.2) is 0 Å². The van der Waals surface area contributed by atoms with Crippen LogP contribution in [0.3, 0.4) is 0 Å². The van der Waals surface area contributed by atoms with E-state index in [9.17, 15) is 0 Å². The second-order valence-electron chi connectivity index (χ2n) is 6.19. The molecule has 1 fully saturated rings. The minimum absolute atomic E-state index is 0.0768. The third-order valence-corrected chi connectivity index (χ3v) is 4.08. The Hall–Kier alpha value is -0.0800. The number of hydrogen-bond donors (Lipinski definition) is 2. The van der Waals surface area contributed by atoms with E-state index in [2.05, 4.69) is 33.0 Å². The second kappa shape index (κ2) is 6.02. The van der Waals surface area contributed by atoms with Gasteiger partial charge >= 0.3 is 0 Å². The predicted molar refractivity (Wildman–Crippen MR) is 69.5 cm³/mol. The zero-order chi connectivity index (χ0) is 12.2. The molecule has 3 atom stereocenters. The monoisotopic (exact) mass is 227 g/mol. The van der Waals surface area contributed by atoms with Crippen molar-refractivity contribution in [2.45, 2.75) is 71.4 Å². The van der Waals surface area contributed by atoms with E-state index in [1.54, 1.807) is 0 Å². The number of aliphatic hydroxyl groups excluding tert-OH is 1.